The van der Waals surface area contributed by atoms with Crippen LogP contribution in [0.3, 0.4) is 0 Å². The van der Waals surface area contributed by atoms with Crippen molar-refractivity contribution in [3.8, 4) is 0 Å². The second-order valence-corrected chi connectivity index (χ2v) is 5.84. The van der Waals surface area contributed by atoms with E-state index < -0.39 is 17.8 Å². The second kappa shape index (κ2) is 6.15. The molecule has 0 aliphatic heterocycles. The third kappa shape index (κ3) is 3.74. The Balaban J connectivity index is 2.14. The normalized spacial score (nSPS) is 13.2. The molecule has 0 spiro atoms. The summed E-state index contributed by atoms with van der Waals surface area (Å²) in [5.74, 6) is 0. The highest BCUT2D eigenvalue weighted by atomic mass is 79.9. The summed E-state index contributed by atoms with van der Waals surface area (Å²) in [6, 6.07) is 5.43. The zero-order valence-electron chi connectivity index (χ0n) is 10.1. The van der Waals surface area contributed by atoms with Crippen molar-refractivity contribution < 1.29 is 18.3 Å². The number of alkyl halides is 3. The molecule has 0 aliphatic rings. The van der Waals surface area contributed by atoms with Gasteiger partial charge in [0.2, 0.25) is 0 Å². The maximum absolute atomic E-state index is 12.9. The Morgan fingerprint density at radius 1 is 1.30 bits per heavy atom. The summed E-state index contributed by atoms with van der Waals surface area (Å²) < 4.78 is 39.1. The third-order valence-electron chi connectivity index (χ3n) is 2.70. The summed E-state index contributed by atoms with van der Waals surface area (Å²) in [7, 11) is 0. The zero-order chi connectivity index (χ0) is 14.8. The first-order chi connectivity index (χ1) is 9.38. The van der Waals surface area contributed by atoms with Crippen LogP contribution >= 0.6 is 27.3 Å². The van der Waals surface area contributed by atoms with Crippen LogP contribution in [0.2, 0.25) is 0 Å². The smallest absolute Gasteiger partial charge is 0.387 e. The first-order valence-electron chi connectivity index (χ1n) is 5.68. The first-order valence-corrected chi connectivity index (χ1v) is 7.42. The molecule has 1 aromatic carbocycles. The lowest BCUT2D eigenvalue weighted by atomic mass is 10.1. The summed E-state index contributed by atoms with van der Waals surface area (Å²) in [4.78, 5) is 0. The quantitative estimate of drug-likeness (QED) is 0.824. The molecule has 2 aromatic rings. The van der Waals surface area contributed by atoms with Gasteiger partial charge in [0.25, 0.3) is 0 Å². The minimum Gasteiger partial charge on any atom is -0.387 e. The molecule has 1 atom stereocenters. The molecule has 0 radical (unpaired) electrons. The average Bonchev–Trinajstić information content (AvgIpc) is 2.88. The van der Waals surface area contributed by atoms with Gasteiger partial charge in [-0.2, -0.15) is 24.5 Å². The Morgan fingerprint density at radius 3 is 2.65 bits per heavy atom. The van der Waals surface area contributed by atoms with Gasteiger partial charge in [0.05, 0.1) is 11.7 Å². The fourth-order valence-corrected chi connectivity index (χ4v) is 2.77. The Morgan fingerprint density at radius 2 is 2.05 bits per heavy atom. The van der Waals surface area contributed by atoms with Crippen molar-refractivity contribution in [2.45, 2.75) is 12.3 Å². The Labute approximate surface area is 126 Å². The first kappa shape index (κ1) is 15.3. The molecule has 0 saturated heterocycles. The molecule has 1 heterocycles. The molecule has 0 aliphatic carbocycles. The van der Waals surface area contributed by atoms with E-state index in [-0.39, 0.29) is 12.2 Å². The lowest BCUT2D eigenvalue weighted by molar-refractivity contribution is -0.137. The highest BCUT2D eigenvalue weighted by Gasteiger charge is 2.33. The van der Waals surface area contributed by atoms with Crippen LogP contribution in [0.15, 0.2) is 39.5 Å². The maximum atomic E-state index is 12.9. The van der Waals surface area contributed by atoms with E-state index >= 15 is 0 Å². The molecule has 0 fully saturated rings. The Bertz CT molecular complexity index is 571. The molecule has 0 bridgehead atoms. The summed E-state index contributed by atoms with van der Waals surface area (Å²) >= 11 is 4.56. The summed E-state index contributed by atoms with van der Waals surface area (Å²) in [6.45, 7) is 0.0102. The van der Waals surface area contributed by atoms with Gasteiger partial charge >= 0.3 is 6.18 Å². The number of aliphatic hydroxyl groups is 1. The summed E-state index contributed by atoms with van der Waals surface area (Å²) in [5.41, 5.74) is -0.120. The number of anilines is 1. The van der Waals surface area contributed by atoms with Crippen molar-refractivity contribution in [3.05, 3.63) is 50.6 Å². The van der Waals surface area contributed by atoms with Crippen molar-refractivity contribution >= 4 is 33.0 Å². The lowest BCUT2D eigenvalue weighted by Crippen LogP contribution is -2.15. The molecule has 2 nitrogen and oxygen atoms in total. The van der Waals surface area contributed by atoms with Crippen molar-refractivity contribution in [2.75, 3.05) is 11.9 Å². The second-order valence-electron chi connectivity index (χ2n) is 4.14. The number of aliphatic hydroxyl groups excluding tert-OH is 1. The molecule has 2 rings (SSSR count). The molecule has 7 heteroatoms. The fourth-order valence-electron chi connectivity index (χ4n) is 1.70. The predicted molar refractivity (Wildman–Crippen MR) is 76.9 cm³/mol. The van der Waals surface area contributed by atoms with Crippen LogP contribution in [0.25, 0.3) is 0 Å². The molecule has 1 aromatic heterocycles. The third-order valence-corrected chi connectivity index (χ3v) is 3.90. The highest BCUT2D eigenvalue weighted by molar-refractivity contribution is 9.10. The highest BCUT2D eigenvalue weighted by Crippen LogP contribution is 2.36. The number of hydrogen-bond donors (Lipinski definition) is 2. The molecule has 2 N–H and O–H groups in total. The number of halogens is 4. The van der Waals surface area contributed by atoms with Gasteiger partial charge in [0.1, 0.15) is 0 Å². The van der Waals surface area contributed by atoms with Gasteiger partial charge in [-0.05, 0) is 40.6 Å². The largest absolute Gasteiger partial charge is 0.418 e. The molecule has 20 heavy (non-hydrogen) atoms. The van der Waals surface area contributed by atoms with Gasteiger partial charge in [-0.25, -0.2) is 0 Å². The van der Waals surface area contributed by atoms with Crippen molar-refractivity contribution in [1.29, 1.82) is 0 Å². The van der Waals surface area contributed by atoms with E-state index in [1.807, 2.05) is 0 Å². The predicted octanol–water partition coefficient (Wildman–Crippen LogP) is 4.67. The van der Waals surface area contributed by atoms with E-state index in [9.17, 15) is 18.3 Å². The minimum absolute atomic E-state index is 0.0102. The van der Waals surface area contributed by atoms with Crippen LogP contribution in [-0.2, 0) is 6.18 Å². The van der Waals surface area contributed by atoms with Crippen molar-refractivity contribution in [1.82, 2.24) is 0 Å². The van der Waals surface area contributed by atoms with E-state index in [0.29, 0.717) is 10.0 Å². The van der Waals surface area contributed by atoms with Gasteiger partial charge in [-0.15, -0.1) is 0 Å². The molecule has 0 amide bonds. The van der Waals surface area contributed by atoms with E-state index in [4.69, 9.17) is 0 Å². The van der Waals surface area contributed by atoms with Crippen LogP contribution in [0.4, 0.5) is 18.9 Å². The van der Waals surface area contributed by atoms with Gasteiger partial charge in [0, 0.05) is 16.7 Å². The van der Waals surface area contributed by atoms with Crippen LogP contribution in [0.1, 0.15) is 17.2 Å². The van der Waals surface area contributed by atoms with E-state index in [2.05, 4.69) is 21.2 Å². The fraction of sp³-hybridized carbons (Fsp3) is 0.231. The van der Waals surface area contributed by atoms with Gasteiger partial charge in [-0.3, -0.25) is 0 Å². The average molecular weight is 366 g/mol. The van der Waals surface area contributed by atoms with Gasteiger partial charge < -0.3 is 10.4 Å². The minimum atomic E-state index is -4.43. The number of hydrogen-bond acceptors (Lipinski definition) is 3. The van der Waals surface area contributed by atoms with Crippen LogP contribution in [-0.4, -0.2) is 11.7 Å². The number of rotatable bonds is 4. The van der Waals surface area contributed by atoms with Crippen LogP contribution in [0, 0.1) is 0 Å². The Kier molecular flexibility index (Phi) is 4.72. The number of nitrogens with one attached hydrogen (secondary N) is 1. The molecule has 108 valence electrons. The summed E-state index contributed by atoms with van der Waals surface area (Å²) in [6.07, 6.45) is -5.28. The van der Waals surface area contributed by atoms with E-state index in [0.717, 1.165) is 6.07 Å². The van der Waals surface area contributed by atoms with Crippen molar-refractivity contribution in [3.63, 3.8) is 0 Å². The van der Waals surface area contributed by atoms with Crippen LogP contribution < -0.4 is 5.32 Å². The zero-order valence-corrected chi connectivity index (χ0v) is 12.5. The maximum Gasteiger partial charge on any atom is 0.418 e. The van der Waals surface area contributed by atoms with E-state index in [1.54, 1.807) is 16.8 Å². The molecular formula is C13H11BrF3NOS. The summed E-state index contributed by atoms with van der Waals surface area (Å²) in [5, 5.41) is 16.1. The Hall–Kier alpha value is -1.05. The van der Waals surface area contributed by atoms with Crippen molar-refractivity contribution in [2.24, 2.45) is 0 Å². The lowest BCUT2D eigenvalue weighted by Gasteiger charge is -2.17. The van der Waals surface area contributed by atoms with Gasteiger partial charge in [-0.1, -0.05) is 15.9 Å². The SMILES string of the molecule is OC(CNc1cc(Br)ccc1C(F)(F)F)c1ccsc1. The van der Waals surface area contributed by atoms with E-state index in [1.165, 1.54) is 23.5 Å². The van der Waals surface area contributed by atoms with Crippen LogP contribution in [0.5, 0.6) is 0 Å². The standard InChI is InChI=1S/C13H11BrF3NOS/c14-9-1-2-10(13(15,16)17)11(5-9)18-6-12(19)8-3-4-20-7-8/h1-5,7,12,18-19H,6H2. The molecular weight excluding hydrogens is 355 g/mol. The number of thiophene rings is 1. The monoisotopic (exact) mass is 365 g/mol. The topological polar surface area (TPSA) is 32.3 Å². The molecule has 1 unspecified atom stereocenters. The van der Waals surface area contributed by atoms with Gasteiger partial charge in [0.15, 0.2) is 0 Å². The number of benzene rings is 1. The molecule has 0 saturated carbocycles.